The molecule has 1 saturated carbocycles. The molecule has 0 aromatic heterocycles. The Morgan fingerprint density at radius 2 is 1.18 bits per heavy atom. The molecule has 5 aromatic rings. The van der Waals surface area contributed by atoms with E-state index in [-0.39, 0.29) is 50.7 Å². The Balaban J connectivity index is 1.22. The molecule has 380 valence electrons. The molecule has 4 aliphatic carbocycles. The van der Waals surface area contributed by atoms with Crippen LogP contribution in [0, 0.1) is 30.6 Å². The fourth-order valence-electron chi connectivity index (χ4n) is 16.0. The number of anilines is 4. The van der Waals surface area contributed by atoms with Gasteiger partial charge in [0.1, 0.15) is 11.2 Å². The highest BCUT2D eigenvalue weighted by molar-refractivity contribution is 6.87. The summed E-state index contributed by atoms with van der Waals surface area (Å²) in [5, 5.41) is 0. The predicted molar refractivity (Wildman–Crippen MR) is 311 cm³/mol. The highest BCUT2D eigenvalue weighted by Gasteiger charge is 2.64. The number of benzene rings is 5. The number of aryl methyl sites for hydroxylation is 2. The molecule has 0 bridgehead atoms. The van der Waals surface area contributed by atoms with Gasteiger partial charge < -0.3 is 14.5 Å². The van der Waals surface area contributed by atoms with Crippen molar-refractivity contribution in [3.63, 3.8) is 0 Å². The van der Waals surface area contributed by atoms with Crippen LogP contribution >= 0.6 is 0 Å². The van der Waals surface area contributed by atoms with Crippen molar-refractivity contribution in [2.24, 2.45) is 16.7 Å². The van der Waals surface area contributed by atoms with Crippen LogP contribution in [0.25, 0.3) is 11.1 Å². The summed E-state index contributed by atoms with van der Waals surface area (Å²) in [6.07, 6.45) is 11.0. The van der Waals surface area contributed by atoms with Gasteiger partial charge in [0, 0.05) is 39.6 Å². The lowest BCUT2D eigenvalue weighted by molar-refractivity contribution is 0.120. The van der Waals surface area contributed by atoms with E-state index in [1.165, 1.54) is 134 Å². The maximum atomic E-state index is 8.13. The molecule has 3 nitrogen and oxygen atoms in total. The zero-order valence-corrected chi connectivity index (χ0v) is 48.1. The minimum Gasteiger partial charge on any atom is -0.492 e. The molecule has 3 aliphatic heterocycles. The van der Waals surface area contributed by atoms with E-state index in [1.54, 1.807) is 5.57 Å². The van der Waals surface area contributed by atoms with Crippen LogP contribution in [-0.2, 0) is 27.1 Å². The van der Waals surface area contributed by atoms with E-state index in [1.807, 2.05) is 0 Å². The lowest BCUT2D eigenvalue weighted by Crippen LogP contribution is -2.67. The van der Waals surface area contributed by atoms with Crippen molar-refractivity contribution in [1.29, 1.82) is 0 Å². The van der Waals surface area contributed by atoms with Crippen molar-refractivity contribution in [3.8, 4) is 16.9 Å². The molecule has 0 saturated heterocycles. The van der Waals surface area contributed by atoms with Crippen molar-refractivity contribution in [3.05, 3.63) is 152 Å². The van der Waals surface area contributed by atoms with Crippen molar-refractivity contribution in [1.82, 2.24) is 0 Å². The molecule has 12 rings (SSSR count). The molecule has 4 heteroatoms. The van der Waals surface area contributed by atoms with Crippen molar-refractivity contribution in [2.45, 2.75) is 208 Å². The molecule has 3 unspecified atom stereocenters. The third kappa shape index (κ3) is 7.09. The summed E-state index contributed by atoms with van der Waals surface area (Å²) in [7, 11) is 0. The normalized spacial score (nSPS) is 26.1. The van der Waals surface area contributed by atoms with E-state index < -0.39 is 5.50 Å². The standard InChI is InChI=1S/C69H85BN2O/c1-41-32-57-60-58(33-41)72(55-34-42(2)48(62(3,4)5)36-45(55)43-22-20-19-21-23-43)61-46-37-50-53(68(16,17)31-28-65(50,10)11)40-59(46)73-69(61,18)70(60)54-38-51-52(67(14,15)30-29-66(51,12)13)39-56(54)71(57)44-24-25-47-49(35-44)64(8,9)27-26-63(47,6)7/h19-25,32-38,40,52,61H,26-31,39H2,1-18H3. The Bertz CT molecular complexity index is 3240. The first kappa shape index (κ1) is 49.0. The topological polar surface area (TPSA) is 15.7 Å². The van der Waals surface area contributed by atoms with E-state index in [0.29, 0.717) is 5.92 Å². The largest absolute Gasteiger partial charge is 0.492 e. The molecule has 0 N–H and O–H groups in total. The maximum Gasteiger partial charge on any atom is 0.270 e. The smallest absolute Gasteiger partial charge is 0.270 e. The summed E-state index contributed by atoms with van der Waals surface area (Å²) in [5.74, 6) is 1.51. The Kier molecular flexibility index (Phi) is 10.3. The quantitative estimate of drug-likeness (QED) is 0.168. The number of nitrogens with zero attached hydrogens (tertiary/aromatic N) is 2. The van der Waals surface area contributed by atoms with Crippen LogP contribution in [0.1, 0.15) is 206 Å². The van der Waals surface area contributed by atoms with Gasteiger partial charge in [0.15, 0.2) is 0 Å². The number of hydrogen-bond acceptors (Lipinski definition) is 3. The van der Waals surface area contributed by atoms with Crippen LogP contribution in [0.3, 0.4) is 0 Å². The van der Waals surface area contributed by atoms with E-state index in [0.717, 1.165) is 12.2 Å². The van der Waals surface area contributed by atoms with Gasteiger partial charge in [0.2, 0.25) is 0 Å². The molecule has 3 heterocycles. The first-order valence-corrected chi connectivity index (χ1v) is 28.4. The SMILES string of the molecule is Cc1cc2c3c(c1)N(c1cc(C)c(C(C)(C)C)cc1-c1ccccc1)C1c4cc5c(cc4OC1(C)B3C1=C(CC3C(=C1)C(C)(C)CCC3(C)C)N2c1ccc2c(c1)C(C)(C)CCC2(C)C)C(C)(C)CCC5(C)C. The zero-order valence-electron chi connectivity index (χ0n) is 48.1. The number of allylic oxidation sites excluding steroid dienone is 4. The summed E-state index contributed by atoms with van der Waals surface area (Å²) in [4.78, 5) is 5.61. The zero-order chi connectivity index (χ0) is 52.1. The van der Waals surface area contributed by atoms with Gasteiger partial charge in [-0.25, -0.2) is 0 Å². The van der Waals surface area contributed by atoms with Crippen LogP contribution in [0.4, 0.5) is 22.7 Å². The van der Waals surface area contributed by atoms with Gasteiger partial charge in [0.05, 0.1) is 6.04 Å². The maximum absolute atomic E-state index is 8.13. The summed E-state index contributed by atoms with van der Waals surface area (Å²) in [5.41, 5.74) is 24.9. The van der Waals surface area contributed by atoms with Gasteiger partial charge in [-0.3, -0.25) is 0 Å². The van der Waals surface area contributed by atoms with Gasteiger partial charge >= 0.3 is 0 Å². The van der Waals surface area contributed by atoms with Gasteiger partial charge in [-0.05, 0) is 214 Å². The highest BCUT2D eigenvalue weighted by Crippen LogP contribution is 2.64. The summed E-state index contributed by atoms with van der Waals surface area (Å²) in [6, 6.07) is 34.2. The second-order valence-electron chi connectivity index (χ2n) is 29.7. The molecule has 3 atom stereocenters. The van der Waals surface area contributed by atoms with Crippen LogP contribution < -0.4 is 20.0 Å². The van der Waals surface area contributed by atoms with Crippen LogP contribution in [0.2, 0.25) is 0 Å². The molecule has 5 aromatic carbocycles. The molecule has 0 amide bonds. The van der Waals surface area contributed by atoms with Gasteiger partial charge in [0.25, 0.3) is 6.71 Å². The van der Waals surface area contributed by atoms with Crippen molar-refractivity contribution in [2.75, 3.05) is 9.80 Å². The minimum absolute atomic E-state index is 0.0199. The Morgan fingerprint density at radius 3 is 1.82 bits per heavy atom. The molecular weight excluding hydrogens is 884 g/mol. The molecule has 1 fully saturated rings. The van der Waals surface area contributed by atoms with E-state index in [9.17, 15) is 0 Å². The highest BCUT2D eigenvalue weighted by atomic mass is 16.5. The number of ether oxygens (including phenoxy) is 1. The van der Waals surface area contributed by atoms with E-state index in [2.05, 4.69) is 225 Å². The number of rotatable bonds is 3. The average molecular weight is 969 g/mol. The lowest BCUT2D eigenvalue weighted by Gasteiger charge is -2.56. The van der Waals surface area contributed by atoms with Gasteiger partial charge in [-0.15, -0.1) is 0 Å². The Labute approximate surface area is 441 Å². The molecular formula is C69H85BN2O. The fourth-order valence-corrected chi connectivity index (χ4v) is 16.0. The molecule has 7 aliphatic rings. The van der Waals surface area contributed by atoms with Crippen LogP contribution in [0.5, 0.6) is 5.75 Å². The van der Waals surface area contributed by atoms with Crippen molar-refractivity contribution < 1.29 is 4.74 Å². The van der Waals surface area contributed by atoms with E-state index in [4.69, 9.17) is 4.74 Å². The summed E-state index contributed by atoms with van der Waals surface area (Å²) in [6.45, 7) is 44.4. The minimum atomic E-state index is -0.672. The average Bonchev–Trinajstić information content (AvgIpc) is 3.61. The predicted octanol–water partition coefficient (Wildman–Crippen LogP) is 18.0. The van der Waals surface area contributed by atoms with Gasteiger partial charge in [-0.2, -0.15) is 0 Å². The monoisotopic (exact) mass is 969 g/mol. The number of fused-ring (bicyclic) bond motifs is 8. The van der Waals surface area contributed by atoms with Gasteiger partial charge in [-0.1, -0.05) is 152 Å². The van der Waals surface area contributed by atoms with Crippen molar-refractivity contribution >= 4 is 34.9 Å². The third-order valence-electron chi connectivity index (χ3n) is 20.8. The van der Waals surface area contributed by atoms with E-state index >= 15 is 0 Å². The first-order chi connectivity index (χ1) is 34.0. The third-order valence-corrected chi connectivity index (χ3v) is 20.8. The fraction of sp³-hybridized carbons (Fsp3) is 0.507. The second-order valence-corrected chi connectivity index (χ2v) is 29.7. The Hall–Kier alpha value is -4.96. The molecule has 0 spiro atoms. The van der Waals surface area contributed by atoms with Crippen LogP contribution in [-0.4, -0.2) is 12.2 Å². The summed E-state index contributed by atoms with van der Waals surface area (Å²) < 4.78 is 8.13. The molecule has 0 radical (unpaired) electrons. The first-order valence-electron chi connectivity index (χ1n) is 28.4. The Morgan fingerprint density at radius 1 is 0.589 bits per heavy atom. The number of hydrogen-bond donors (Lipinski definition) is 0. The van der Waals surface area contributed by atoms with Crippen LogP contribution in [0.15, 0.2) is 108 Å². The second kappa shape index (κ2) is 15.3. The molecule has 73 heavy (non-hydrogen) atoms. The lowest BCUT2D eigenvalue weighted by atomic mass is 9.26. The summed E-state index contributed by atoms with van der Waals surface area (Å²) >= 11 is 0.